The third-order valence-electron chi connectivity index (χ3n) is 4.51. The lowest BCUT2D eigenvalue weighted by molar-refractivity contribution is -0.128. The lowest BCUT2D eigenvalue weighted by Gasteiger charge is -2.34. The van der Waals surface area contributed by atoms with Crippen LogP contribution in [0.5, 0.6) is 0 Å². The van der Waals surface area contributed by atoms with E-state index in [1.54, 1.807) is 4.90 Å². The highest BCUT2D eigenvalue weighted by molar-refractivity contribution is 9.10. The van der Waals surface area contributed by atoms with Crippen LogP contribution in [0.3, 0.4) is 0 Å². The molecule has 1 amide bonds. The molecule has 6 heteroatoms. The summed E-state index contributed by atoms with van der Waals surface area (Å²) in [7, 11) is 0. The number of para-hydroxylation sites is 1. The molecule has 0 saturated carbocycles. The average Bonchev–Trinajstić information content (AvgIpc) is 2.71. The monoisotopic (exact) mass is 424 g/mol. The lowest BCUT2D eigenvalue weighted by Crippen LogP contribution is -2.48. The SMILES string of the molecule is N#C/C(=C/Nc1ccccc1Br)C(=O)N1CCN(Cc2ccccc2)CC1. The van der Waals surface area contributed by atoms with Gasteiger partial charge in [-0.2, -0.15) is 5.26 Å². The largest absolute Gasteiger partial charge is 0.359 e. The van der Waals surface area contributed by atoms with Gasteiger partial charge in [0.05, 0.1) is 5.69 Å². The summed E-state index contributed by atoms with van der Waals surface area (Å²) in [5, 5.41) is 12.4. The number of anilines is 1. The molecule has 0 aliphatic carbocycles. The molecule has 1 saturated heterocycles. The second kappa shape index (κ2) is 9.36. The number of halogens is 1. The van der Waals surface area contributed by atoms with E-state index in [1.807, 2.05) is 48.5 Å². The fourth-order valence-corrected chi connectivity index (χ4v) is 3.39. The number of carbonyl (C=O) groups excluding carboxylic acids is 1. The highest BCUT2D eigenvalue weighted by atomic mass is 79.9. The van der Waals surface area contributed by atoms with Gasteiger partial charge in [0.1, 0.15) is 11.6 Å². The Morgan fingerprint density at radius 2 is 1.74 bits per heavy atom. The smallest absolute Gasteiger partial charge is 0.266 e. The van der Waals surface area contributed by atoms with Crippen LogP contribution < -0.4 is 5.32 Å². The van der Waals surface area contributed by atoms with E-state index < -0.39 is 0 Å². The maximum atomic E-state index is 12.7. The zero-order chi connectivity index (χ0) is 19.1. The molecule has 0 atom stereocenters. The third-order valence-corrected chi connectivity index (χ3v) is 5.20. The van der Waals surface area contributed by atoms with Crippen LogP contribution in [-0.2, 0) is 11.3 Å². The quantitative estimate of drug-likeness (QED) is 0.588. The van der Waals surface area contributed by atoms with Crippen molar-refractivity contribution in [3.8, 4) is 6.07 Å². The summed E-state index contributed by atoms with van der Waals surface area (Å²) in [6.45, 7) is 3.74. The van der Waals surface area contributed by atoms with Crippen LogP contribution in [0.2, 0.25) is 0 Å². The summed E-state index contributed by atoms with van der Waals surface area (Å²) >= 11 is 3.44. The summed E-state index contributed by atoms with van der Waals surface area (Å²) in [5.41, 5.74) is 2.19. The number of carbonyl (C=O) groups is 1. The fraction of sp³-hybridized carbons (Fsp3) is 0.238. The standard InChI is InChI=1S/C21H21BrN4O/c22-19-8-4-5-9-20(19)24-15-18(14-23)21(27)26-12-10-25(11-13-26)16-17-6-2-1-3-7-17/h1-9,15,24H,10-13,16H2/b18-15-. The first-order valence-electron chi connectivity index (χ1n) is 8.84. The number of piperazine rings is 1. The highest BCUT2D eigenvalue weighted by Gasteiger charge is 2.23. The first-order valence-corrected chi connectivity index (χ1v) is 9.63. The van der Waals surface area contributed by atoms with Gasteiger partial charge in [0.2, 0.25) is 0 Å². The zero-order valence-electron chi connectivity index (χ0n) is 14.9. The van der Waals surface area contributed by atoms with E-state index in [1.165, 1.54) is 11.8 Å². The molecule has 0 spiro atoms. The van der Waals surface area contributed by atoms with E-state index >= 15 is 0 Å². The number of benzene rings is 2. The van der Waals surface area contributed by atoms with Crippen molar-refractivity contribution in [2.75, 3.05) is 31.5 Å². The van der Waals surface area contributed by atoms with Crippen LogP contribution in [-0.4, -0.2) is 41.9 Å². The van der Waals surface area contributed by atoms with Gasteiger partial charge in [-0.05, 0) is 33.6 Å². The van der Waals surface area contributed by atoms with E-state index in [0.29, 0.717) is 13.1 Å². The number of nitrogens with one attached hydrogen (secondary N) is 1. The number of hydrogen-bond donors (Lipinski definition) is 1. The van der Waals surface area contributed by atoms with Crippen LogP contribution in [0.4, 0.5) is 5.69 Å². The zero-order valence-corrected chi connectivity index (χ0v) is 16.5. The molecular formula is C21H21BrN4O. The summed E-state index contributed by atoms with van der Waals surface area (Å²) in [4.78, 5) is 16.7. The lowest BCUT2D eigenvalue weighted by atomic mass is 10.2. The van der Waals surface area contributed by atoms with Gasteiger partial charge < -0.3 is 10.2 Å². The Labute approximate surface area is 168 Å². The maximum Gasteiger partial charge on any atom is 0.266 e. The van der Waals surface area contributed by atoms with Gasteiger partial charge in [0.15, 0.2) is 0 Å². The predicted octanol–water partition coefficient (Wildman–Crippen LogP) is 3.61. The van der Waals surface area contributed by atoms with Crippen LogP contribution in [0, 0.1) is 11.3 Å². The molecule has 138 valence electrons. The van der Waals surface area contributed by atoms with Crippen molar-refractivity contribution in [1.29, 1.82) is 5.26 Å². The normalized spacial score (nSPS) is 15.3. The Morgan fingerprint density at radius 1 is 1.07 bits per heavy atom. The topological polar surface area (TPSA) is 59.4 Å². The van der Waals surface area contributed by atoms with E-state index in [2.05, 4.69) is 38.3 Å². The van der Waals surface area contributed by atoms with Gasteiger partial charge in [-0.15, -0.1) is 0 Å². The Bertz CT molecular complexity index is 852. The number of nitriles is 1. The maximum absolute atomic E-state index is 12.7. The van der Waals surface area contributed by atoms with Crippen molar-refractivity contribution < 1.29 is 4.79 Å². The molecule has 1 heterocycles. The Morgan fingerprint density at radius 3 is 2.41 bits per heavy atom. The second-order valence-electron chi connectivity index (χ2n) is 6.35. The average molecular weight is 425 g/mol. The van der Waals surface area contributed by atoms with E-state index in [4.69, 9.17) is 0 Å². The van der Waals surface area contributed by atoms with Gasteiger partial charge >= 0.3 is 0 Å². The fourth-order valence-electron chi connectivity index (χ4n) is 2.99. The molecule has 27 heavy (non-hydrogen) atoms. The van der Waals surface area contributed by atoms with Crippen molar-refractivity contribution in [2.45, 2.75) is 6.54 Å². The number of nitrogens with zero attached hydrogens (tertiary/aromatic N) is 3. The molecule has 0 radical (unpaired) electrons. The summed E-state index contributed by atoms with van der Waals surface area (Å²) < 4.78 is 0.875. The Hall–Kier alpha value is -2.62. The van der Waals surface area contributed by atoms with Crippen molar-refractivity contribution >= 4 is 27.5 Å². The molecule has 1 aliphatic heterocycles. The van der Waals surface area contributed by atoms with Crippen molar-refractivity contribution in [3.05, 3.63) is 76.4 Å². The molecule has 3 rings (SSSR count). The van der Waals surface area contributed by atoms with Gasteiger partial charge in [-0.25, -0.2) is 0 Å². The van der Waals surface area contributed by atoms with E-state index in [-0.39, 0.29) is 11.5 Å². The summed E-state index contributed by atoms with van der Waals surface area (Å²) in [5.74, 6) is -0.226. The third kappa shape index (κ3) is 5.19. The second-order valence-corrected chi connectivity index (χ2v) is 7.20. The van der Waals surface area contributed by atoms with Crippen LogP contribution in [0.25, 0.3) is 0 Å². The van der Waals surface area contributed by atoms with Gasteiger partial charge in [0.25, 0.3) is 5.91 Å². The van der Waals surface area contributed by atoms with Gasteiger partial charge in [0, 0.05) is 43.4 Å². The molecule has 5 nitrogen and oxygen atoms in total. The molecule has 2 aromatic carbocycles. The van der Waals surface area contributed by atoms with Crippen LogP contribution in [0.1, 0.15) is 5.56 Å². The minimum atomic E-state index is -0.226. The molecule has 2 aromatic rings. The number of amides is 1. The highest BCUT2D eigenvalue weighted by Crippen LogP contribution is 2.21. The Kier molecular flexibility index (Phi) is 6.64. The summed E-state index contributed by atoms with van der Waals surface area (Å²) in [6, 6.07) is 19.9. The molecule has 0 bridgehead atoms. The van der Waals surface area contributed by atoms with Crippen LogP contribution in [0.15, 0.2) is 70.8 Å². The predicted molar refractivity (Wildman–Crippen MR) is 110 cm³/mol. The van der Waals surface area contributed by atoms with Gasteiger partial charge in [-0.1, -0.05) is 42.5 Å². The first-order chi connectivity index (χ1) is 13.2. The Balaban J connectivity index is 1.56. The summed E-state index contributed by atoms with van der Waals surface area (Å²) in [6.07, 6.45) is 1.48. The minimum Gasteiger partial charge on any atom is -0.359 e. The molecule has 1 aliphatic rings. The minimum absolute atomic E-state index is 0.113. The number of rotatable bonds is 5. The first kappa shape index (κ1) is 19.2. The van der Waals surface area contributed by atoms with Gasteiger partial charge in [-0.3, -0.25) is 9.69 Å². The molecule has 1 fully saturated rings. The van der Waals surface area contributed by atoms with E-state index in [0.717, 1.165) is 29.8 Å². The van der Waals surface area contributed by atoms with Crippen molar-refractivity contribution in [2.24, 2.45) is 0 Å². The van der Waals surface area contributed by atoms with Crippen molar-refractivity contribution in [3.63, 3.8) is 0 Å². The van der Waals surface area contributed by atoms with Crippen LogP contribution >= 0.6 is 15.9 Å². The molecule has 0 aromatic heterocycles. The molecule has 1 N–H and O–H groups in total. The van der Waals surface area contributed by atoms with E-state index in [9.17, 15) is 10.1 Å². The van der Waals surface area contributed by atoms with Crippen molar-refractivity contribution in [1.82, 2.24) is 9.80 Å². The molecule has 0 unspecified atom stereocenters. The number of hydrogen-bond acceptors (Lipinski definition) is 4. The molecular weight excluding hydrogens is 404 g/mol.